The molecule has 0 amide bonds. The number of hydroxylamine groups is 1. The topological polar surface area (TPSA) is 73.8 Å². The van der Waals surface area contributed by atoms with Gasteiger partial charge in [0.25, 0.3) is 0 Å². The second-order valence-corrected chi connectivity index (χ2v) is 5.51. The summed E-state index contributed by atoms with van der Waals surface area (Å²) >= 11 is 0. The van der Waals surface area contributed by atoms with Gasteiger partial charge in [-0.15, -0.1) is 0 Å². The number of carbonyl (C=O) groups excluding carboxylic acids is 1. The fourth-order valence-electron chi connectivity index (χ4n) is 2.53. The molecule has 1 fully saturated rings. The molecule has 1 aliphatic heterocycles. The van der Waals surface area contributed by atoms with Gasteiger partial charge in [-0.25, -0.2) is 15.1 Å². The van der Waals surface area contributed by atoms with E-state index in [4.69, 9.17) is 19.0 Å². The third-order valence-electron chi connectivity index (χ3n) is 3.81. The highest BCUT2D eigenvalue weighted by molar-refractivity contribution is 5.89. The summed E-state index contributed by atoms with van der Waals surface area (Å²) in [5.41, 5.74) is 3.20. The van der Waals surface area contributed by atoms with Gasteiger partial charge < -0.3 is 14.2 Å². The third-order valence-corrected chi connectivity index (χ3v) is 3.81. The van der Waals surface area contributed by atoms with Crippen LogP contribution in [0.2, 0.25) is 0 Å². The molecule has 24 heavy (non-hydrogen) atoms. The Labute approximate surface area is 142 Å². The molecule has 0 unspecified atom stereocenters. The summed E-state index contributed by atoms with van der Waals surface area (Å²) in [4.78, 5) is 19.3. The number of ether oxygens (including phenoxy) is 3. The van der Waals surface area contributed by atoms with Crippen LogP contribution in [0.15, 0.2) is 18.2 Å². The first-order valence-electron chi connectivity index (χ1n) is 8.28. The first-order valence-corrected chi connectivity index (χ1v) is 8.28. The molecule has 134 valence electrons. The highest BCUT2D eigenvalue weighted by Crippen LogP contribution is 2.23. The molecular weight excluding hydrogens is 312 g/mol. The quantitative estimate of drug-likeness (QED) is 0.394. The molecule has 0 spiro atoms. The van der Waals surface area contributed by atoms with Gasteiger partial charge in [-0.05, 0) is 18.2 Å². The molecule has 1 aromatic carbocycles. The number of benzene rings is 1. The van der Waals surface area contributed by atoms with Crippen molar-refractivity contribution in [2.75, 3.05) is 53.7 Å². The lowest BCUT2D eigenvalue weighted by atomic mass is 10.1. The van der Waals surface area contributed by atoms with Crippen LogP contribution in [-0.4, -0.2) is 64.5 Å². The van der Waals surface area contributed by atoms with Crippen molar-refractivity contribution in [2.24, 2.45) is 0 Å². The minimum absolute atomic E-state index is 0.336. The van der Waals surface area contributed by atoms with Crippen LogP contribution >= 0.6 is 0 Å². The molecule has 2 rings (SSSR count). The number of esters is 1. The molecular formula is C17H27N2O5+. The molecule has 0 aliphatic carbocycles. The van der Waals surface area contributed by atoms with Crippen molar-refractivity contribution < 1.29 is 29.3 Å². The Hall–Kier alpha value is -1.67. The summed E-state index contributed by atoms with van der Waals surface area (Å²) in [6, 6.07) is 5.43. The van der Waals surface area contributed by atoms with Crippen molar-refractivity contribution in [3.05, 3.63) is 29.3 Å². The zero-order valence-electron chi connectivity index (χ0n) is 14.5. The average Bonchev–Trinajstić information content (AvgIpc) is 2.62. The van der Waals surface area contributed by atoms with E-state index in [0.29, 0.717) is 18.8 Å². The summed E-state index contributed by atoms with van der Waals surface area (Å²) < 4.78 is 16.1. The van der Waals surface area contributed by atoms with Gasteiger partial charge in [0.15, 0.2) is 0 Å². The monoisotopic (exact) mass is 339 g/mol. The van der Waals surface area contributed by atoms with Gasteiger partial charge in [0.1, 0.15) is 12.4 Å². The maximum atomic E-state index is 11.8. The third kappa shape index (κ3) is 5.76. The van der Waals surface area contributed by atoms with Crippen LogP contribution in [0.25, 0.3) is 0 Å². The average molecular weight is 339 g/mol. The van der Waals surface area contributed by atoms with E-state index in [1.807, 2.05) is 19.2 Å². The predicted molar refractivity (Wildman–Crippen MR) is 87.8 cm³/mol. The minimum Gasteiger partial charge on any atom is -0.493 e. The Morgan fingerprint density at radius 2 is 2.08 bits per heavy atom. The molecule has 0 aromatic heterocycles. The molecule has 1 aliphatic rings. The Balaban J connectivity index is 2.04. The van der Waals surface area contributed by atoms with Crippen molar-refractivity contribution >= 4 is 5.97 Å². The predicted octanol–water partition coefficient (Wildman–Crippen LogP) is 0.199. The summed E-state index contributed by atoms with van der Waals surface area (Å²) in [6.07, 6.45) is 0.806. The fraction of sp³-hybridized carbons (Fsp3) is 0.588. The Kier molecular flexibility index (Phi) is 7.97. The number of carbonyl (C=O) groups is 1. The van der Waals surface area contributed by atoms with Crippen molar-refractivity contribution in [3.8, 4) is 5.75 Å². The number of methoxy groups -OCH3 is 1. The number of hydrogen-bond acceptors (Lipinski definition) is 6. The minimum atomic E-state index is -0.336. The fourth-order valence-corrected chi connectivity index (χ4v) is 2.53. The molecule has 1 aromatic rings. The summed E-state index contributed by atoms with van der Waals surface area (Å²) in [5, 5.41) is 0. The summed E-state index contributed by atoms with van der Waals surface area (Å²) in [6.45, 7) is 5.15. The van der Waals surface area contributed by atoms with E-state index in [1.54, 1.807) is 11.5 Å². The molecule has 1 saturated heterocycles. The molecule has 0 atom stereocenters. The largest absolute Gasteiger partial charge is 0.493 e. The number of nitrogens with zero attached hydrogens (tertiary/aromatic N) is 1. The summed E-state index contributed by atoms with van der Waals surface area (Å²) in [5.74, 6) is 0.464. The van der Waals surface area contributed by atoms with Crippen LogP contribution in [-0.2, 0) is 20.9 Å². The molecule has 7 heteroatoms. The molecule has 1 heterocycles. The molecule has 2 N–H and O–H groups in total. The maximum absolute atomic E-state index is 11.8. The van der Waals surface area contributed by atoms with Gasteiger partial charge >= 0.3 is 5.97 Å². The van der Waals surface area contributed by atoms with Crippen molar-refractivity contribution in [1.82, 2.24) is 4.90 Å². The van der Waals surface area contributed by atoms with E-state index in [-0.39, 0.29) is 5.97 Å². The zero-order valence-corrected chi connectivity index (χ0v) is 14.5. The van der Waals surface area contributed by atoms with Crippen LogP contribution in [0.1, 0.15) is 22.3 Å². The van der Waals surface area contributed by atoms with E-state index in [0.717, 1.165) is 50.6 Å². The molecule has 0 bridgehead atoms. The van der Waals surface area contributed by atoms with Crippen LogP contribution in [0.3, 0.4) is 0 Å². The lowest BCUT2D eigenvalue weighted by molar-refractivity contribution is -0.877. The zero-order chi connectivity index (χ0) is 17.2. The number of quaternary nitrogens is 1. The highest BCUT2D eigenvalue weighted by atomic mass is 16.6. The van der Waals surface area contributed by atoms with Gasteiger partial charge in [-0.2, -0.15) is 0 Å². The van der Waals surface area contributed by atoms with Gasteiger partial charge in [0.2, 0.25) is 0 Å². The molecule has 7 nitrogen and oxygen atoms in total. The van der Waals surface area contributed by atoms with E-state index >= 15 is 0 Å². The van der Waals surface area contributed by atoms with Crippen molar-refractivity contribution in [1.29, 1.82) is 0 Å². The van der Waals surface area contributed by atoms with Crippen molar-refractivity contribution in [3.63, 3.8) is 0 Å². The first kappa shape index (κ1) is 18.7. The lowest BCUT2D eigenvalue weighted by Crippen LogP contribution is -2.78. The molecule has 0 radical (unpaired) electrons. The lowest BCUT2D eigenvalue weighted by Gasteiger charge is -2.27. The van der Waals surface area contributed by atoms with E-state index in [2.05, 4.69) is 4.90 Å². The smallest absolute Gasteiger partial charge is 0.337 e. The van der Waals surface area contributed by atoms with Gasteiger partial charge in [0.05, 0.1) is 39.5 Å². The standard InChI is InChI=1S/C17H26N2O5/c1-18-24-9-3-8-23-16-5-4-14(17(20)21-2)12-15(16)13-19-6-10-22-11-7-19/h4-5,12,18H,3,6-11,13H2,1-2H3/p+1. The maximum Gasteiger partial charge on any atom is 0.337 e. The Morgan fingerprint density at radius 1 is 1.29 bits per heavy atom. The van der Waals surface area contributed by atoms with Crippen LogP contribution in [0, 0.1) is 0 Å². The highest BCUT2D eigenvalue weighted by Gasteiger charge is 2.16. The van der Waals surface area contributed by atoms with Crippen LogP contribution < -0.4 is 10.2 Å². The second kappa shape index (κ2) is 10.2. The Morgan fingerprint density at radius 3 is 2.79 bits per heavy atom. The first-order chi connectivity index (χ1) is 11.7. The van der Waals surface area contributed by atoms with E-state index < -0.39 is 0 Å². The van der Waals surface area contributed by atoms with Crippen LogP contribution in [0.4, 0.5) is 0 Å². The van der Waals surface area contributed by atoms with Crippen LogP contribution in [0.5, 0.6) is 5.75 Å². The van der Waals surface area contributed by atoms with Gasteiger partial charge in [-0.3, -0.25) is 4.90 Å². The van der Waals surface area contributed by atoms with E-state index in [9.17, 15) is 4.79 Å². The second-order valence-electron chi connectivity index (χ2n) is 5.51. The number of hydrogen-bond donors (Lipinski definition) is 1. The molecule has 0 saturated carbocycles. The SMILES string of the molecule is C[NH2+]OCCCOc1ccc(C(=O)OC)cc1CN1CCOCC1. The number of nitrogens with two attached hydrogens (primary N) is 1. The number of morpholine rings is 1. The van der Waals surface area contributed by atoms with E-state index in [1.165, 1.54) is 7.11 Å². The van der Waals surface area contributed by atoms with Gasteiger partial charge in [0, 0.05) is 31.6 Å². The summed E-state index contributed by atoms with van der Waals surface area (Å²) in [7, 11) is 3.24. The Bertz CT molecular complexity index is 518. The van der Waals surface area contributed by atoms with Crippen molar-refractivity contribution in [2.45, 2.75) is 13.0 Å². The number of rotatable bonds is 9. The van der Waals surface area contributed by atoms with Gasteiger partial charge in [-0.1, -0.05) is 0 Å². The normalized spacial score (nSPS) is 15.2.